The van der Waals surface area contributed by atoms with Gasteiger partial charge in [0.25, 0.3) is 0 Å². The molecule has 78 valence electrons. The maximum atomic E-state index is 13.3. The molecule has 8 heteroatoms. The van der Waals surface area contributed by atoms with Gasteiger partial charge >= 0.3 is 0 Å². The van der Waals surface area contributed by atoms with Crippen molar-refractivity contribution in [3.8, 4) is 5.82 Å². The third-order valence-electron chi connectivity index (χ3n) is 1.57. The van der Waals surface area contributed by atoms with Crippen molar-refractivity contribution >= 4 is 21.9 Å². The van der Waals surface area contributed by atoms with E-state index in [1.54, 1.807) is 0 Å². The average molecular weight is 276 g/mol. The van der Waals surface area contributed by atoms with Gasteiger partial charge in [-0.1, -0.05) is 0 Å². The van der Waals surface area contributed by atoms with Crippen molar-refractivity contribution < 1.29 is 8.78 Å². The summed E-state index contributed by atoms with van der Waals surface area (Å²) in [6, 6.07) is 0.701. The molecule has 0 unspecified atom stereocenters. The number of nitrogens with two attached hydrogens (primary N) is 1. The molecule has 5 nitrogen and oxygen atoms in total. The number of rotatable bonds is 1. The fraction of sp³-hybridized carbons (Fsp3) is 0. The Kier molecular flexibility index (Phi) is 2.35. The van der Waals surface area contributed by atoms with Gasteiger partial charge in [0.1, 0.15) is 5.82 Å². The molecule has 0 bridgehead atoms. The summed E-state index contributed by atoms with van der Waals surface area (Å²) in [5, 5.41) is 3.68. The predicted molar refractivity (Wildman–Crippen MR) is 51.2 cm³/mol. The van der Waals surface area contributed by atoms with Crippen molar-refractivity contribution in [3.05, 3.63) is 28.6 Å². The van der Waals surface area contributed by atoms with Gasteiger partial charge in [-0.25, -0.2) is 13.8 Å². The van der Waals surface area contributed by atoms with E-state index in [0.717, 1.165) is 10.9 Å². The highest BCUT2D eigenvalue weighted by Gasteiger charge is 2.13. The Balaban J connectivity index is 2.59. The van der Waals surface area contributed by atoms with E-state index in [1.807, 2.05) is 0 Å². The lowest BCUT2D eigenvalue weighted by Gasteiger charge is -2.01. The maximum Gasteiger partial charge on any atom is 0.241 e. The van der Waals surface area contributed by atoms with Gasteiger partial charge in [-0.3, -0.25) is 0 Å². The topological polar surface area (TPSA) is 69.6 Å². The smallest absolute Gasteiger partial charge is 0.241 e. The van der Waals surface area contributed by atoms with E-state index in [2.05, 4.69) is 31.0 Å². The van der Waals surface area contributed by atoms with Gasteiger partial charge in [-0.05, 0) is 15.9 Å². The van der Waals surface area contributed by atoms with E-state index >= 15 is 0 Å². The van der Waals surface area contributed by atoms with Crippen molar-refractivity contribution in [2.45, 2.75) is 0 Å². The van der Waals surface area contributed by atoms with E-state index in [4.69, 9.17) is 5.73 Å². The molecule has 2 aromatic heterocycles. The number of anilines is 1. The molecule has 0 radical (unpaired) electrons. The van der Waals surface area contributed by atoms with Crippen LogP contribution < -0.4 is 5.73 Å². The Bertz CT molecular complexity index is 512. The molecule has 2 heterocycles. The Morgan fingerprint density at radius 1 is 1.40 bits per heavy atom. The van der Waals surface area contributed by atoms with Crippen LogP contribution in [0.1, 0.15) is 0 Å². The van der Waals surface area contributed by atoms with Crippen LogP contribution in [0.3, 0.4) is 0 Å². The summed E-state index contributed by atoms with van der Waals surface area (Å²) < 4.78 is 27.1. The zero-order valence-corrected chi connectivity index (χ0v) is 8.74. The second kappa shape index (κ2) is 3.54. The van der Waals surface area contributed by atoms with E-state index in [9.17, 15) is 8.78 Å². The summed E-state index contributed by atoms with van der Waals surface area (Å²) in [6.07, 6.45) is 0.878. The lowest BCUT2D eigenvalue weighted by atomic mass is 10.4. The molecular formula is C7H4BrF2N5. The molecule has 0 saturated heterocycles. The molecule has 2 aromatic rings. The predicted octanol–water partition coefficient (Wildman–Crippen LogP) is 1.29. The van der Waals surface area contributed by atoms with Crippen molar-refractivity contribution in [2.75, 3.05) is 5.73 Å². The summed E-state index contributed by atoms with van der Waals surface area (Å²) in [4.78, 5) is 7.24. The number of halogens is 3. The summed E-state index contributed by atoms with van der Waals surface area (Å²) in [5.74, 6) is -1.82. The summed E-state index contributed by atoms with van der Waals surface area (Å²) in [7, 11) is 0. The van der Waals surface area contributed by atoms with Crippen molar-refractivity contribution in [3.63, 3.8) is 0 Å². The summed E-state index contributed by atoms with van der Waals surface area (Å²) >= 11 is 3.02. The molecular weight excluding hydrogens is 272 g/mol. The van der Waals surface area contributed by atoms with E-state index in [0.29, 0.717) is 6.07 Å². The minimum Gasteiger partial charge on any atom is -0.366 e. The first-order chi connectivity index (χ1) is 7.08. The fourth-order valence-electron chi connectivity index (χ4n) is 1.01. The lowest BCUT2D eigenvalue weighted by molar-refractivity contribution is 0.559. The summed E-state index contributed by atoms with van der Waals surface area (Å²) in [6.45, 7) is 0. The van der Waals surface area contributed by atoms with Gasteiger partial charge in [0, 0.05) is 6.07 Å². The van der Waals surface area contributed by atoms with Crippen LogP contribution in [0.5, 0.6) is 0 Å². The number of hydrogen-bond donors (Lipinski definition) is 1. The number of nitrogen functional groups attached to an aromatic ring is 1. The van der Waals surface area contributed by atoms with Crippen LogP contribution in [-0.4, -0.2) is 19.7 Å². The van der Waals surface area contributed by atoms with E-state index < -0.39 is 11.6 Å². The van der Waals surface area contributed by atoms with Crippen molar-refractivity contribution in [1.29, 1.82) is 0 Å². The monoisotopic (exact) mass is 275 g/mol. The zero-order valence-electron chi connectivity index (χ0n) is 7.15. The van der Waals surface area contributed by atoms with E-state index in [-0.39, 0.29) is 16.5 Å². The van der Waals surface area contributed by atoms with Gasteiger partial charge < -0.3 is 5.73 Å². The molecule has 0 atom stereocenters. The van der Waals surface area contributed by atoms with Gasteiger partial charge in [0.15, 0.2) is 11.6 Å². The maximum absolute atomic E-state index is 13.3. The zero-order chi connectivity index (χ0) is 11.0. The third-order valence-corrected chi connectivity index (χ3v) is 2.09. The fourth-order valence-corrected chi connectivity index (χ4v) is 1.43. The molecule has 2 rings (SSSR count). The molecule has 15 heavy (non-hydrogen) atoms. The second-order valence-electron chi connectivity index (χ2n) is 2.61. The van der Waals surface area contributed by atoms with Crippen molar-refractivity contribution in [1.82, 2.24) is 19.7 Å². The minimum absolute atomic E-state index is 0.0348. The molecule has 0 aromatic carbocycles. The van der Waals surface area contributed by atoms with Crippen LogP contribution in [0.15, 0.2) is 17.0 Å². The molecule has 0 fully saturated rings. The molecule has 0 aliphatic heterocycles. The van der Waals surface area contributed by atoms with Gasteiger partial charge in [0.05, 0.1) is 6.20 Å². The standard InChI is InChI=1S/C7H4BrF2N5/c8-6-13-7(11)14-15(6)5-4(10)1-3(9)2-12-5/h1-2H,(H2,11,14). The Labute approximate surface area is 91.1 Å². The van der Waals surface area contributed by atoms with Gasteiger partial charge in [-0.2, -0.15) is 9.67 Å². The molecule has 2 N–H and O–H groups in total. The molecule has 0 aliphatic carbocycles. The number of pyridine rings is 1. The first kappa shape index (κ1) is 9.97. The van der Waals surface area contributed by atoms with Crippen LogP contribution in [0.2, 0.25) is 0 Å². The summed E-state index contributed by atoms with van der Waals surface area (Å²) in [5.41, 5.74) is 5.30. The number of hydrogen-bond acceptors (Lipinski definition) is 4. The van der Waals surface area contributed by atoms with Crippen LogP contribution in [0.4, 0.5) is 14.7 Å². The third kappa shape index (κ3) is 1.80. The van der Waals surface area contributed by atoms with Gasteiger partial charge in [-0.15, -0.1) is 5.10 Å². The Hall–Kier alpha value is -1.57. The lowest BCUT2D eigenvalue weighted by Crippen LogP contribution is -2.04. The second-order valence-corrected chi connectivity index (χ2v) is 3.32. The quantitative estimate of drug-likeness (QED) is 0.851. The first-order valence-electron chi connectivity index (χ1n) is 3.77. The normalized spacial score (nSPS) is 10.6. The highest BCUT2D eigenvalue weighted by Crippen LogP contribution is 2.16. The highest BCUT2D eigenvalue weighted by atomic mass is 79.9. The van der Waals surface area contributed by atoms with Crippen molar-refractivity contribution in [2.24, 2.45) is 0 Å². The SMILES string of the molecule is Nc1nc(Br)n(-c2ncc(F)cc2F)n1. The van der Waals surface area contributed by atoms with Crippen LogP contribution in [0, 0.1) is 11.6 Å². The average Bonchev–Trinajstić information content (AvgIpc) is 2.45. The van der Waals surface area contributed by atoms with E-state index in [1.165, 1.54) is 0 Å². The van der Waals surface area contributed by atoms with Gasteiger partial charge in [0.2, 0.25) is 10.7 Å². The highest BCUT2D eigenvalue weighted by molar-refractivity contribution is 9.10. The first-order valence-corrected chi connectivity index (χ1v) is 4.56. The molecule has 0 saturated carbocycles. The molecule has 0 aliphatic rings. The Morgan fingerprint density at radius 2 is 2.13 bits per heavy atom. The largest absolute Gasteiger partial charge is 0.366 e. The number of aromatic nitrogens is 4. The number of nitrogens with zero attached hydrogens (tertiary/aromatic N) is 4. The molecule has 0 amide bonds. The van der Waals surface area contributed by atoms with Crippen LogP contribution in [0.25, 0.3) is 5.82 Å². The van der Waals surface area contributed by atoms with Crippen LogP contribution in [-0.2, 0) is 0 Å². The minimum atomic E-state index is -0.847. The Morgan fingerprint density at radius 3 is 2.67 bits per heavy atom. The molecule has 0 spiro atoms. The van der Waals surface area contributed by atoms with Crippen LogP contribution >= 0.6 is 15.9 Å².